The maximum Gasteiger partial charge on any atom is 0.317 e. The molecular weight excluding hydrogens is 270 g/mol. The fourth-order valence-electron chi connectivity index (χ4n) is 3.30. The highest BCUT2D eigenvalue weighted by atomic mass is 16.4. The predicted molar refractivity (Wildman–Crippen MR) is 80.2 cm³/mol. The Bertz CT molecular complexity index is 380. The van der Waals surface area contributed by atoms with Crippen LogP contribution in [0.4, 0.5) is 4.79 Å². The molecule has 3 atom stereocenters. The van der Waals surface area contributed by atoms with Crippen LogP contribution in [0, 0.1) is 5.92 Å². The lowest BCUT2D eigenvalue weighted by atomic mass is 10.0. The number of hydrogen-bond acceptors (Lipinski definition) is 3. The Morgan fingerprint density at radius 3 is 2.48 bits per heavy atom. The van der Waals surface area contributed by atoms with E-state index >= 15 is 0 Å². The Labute approximate surface area is 126 Å². The van der Waals surface area contributed by atoms with Crippen molar-refractivity contribution in [1.82, 2.24) is 15.1 Å². The molecule has 2 N–H and O–H groups in total. The molecule has 1 aliphatic carbocycles. The number of carbonyl (C=O) groups excluding carboxylic acids is 1. The van der Waals surface area contributed by atoms with Gasteiger partial charge in [0.15, 0.2) is 0 Å². The van der Waals surface area contributed by atoms with Crippen molar-refractivity contribution in [3.63, 3.8) is 0 Å². The minimum absolute atomic E-state index is 0.100. The summed E-state index contributed by atoms with van der Waals surface area (Å²) in [6.07, 6.45) is 3.44. The number of urea groups is 1. The second-order valence-electron chi connectivity index (χ2n) is 6.21. The third kappa shape index (κ3) is 3.87. The second kappa shape index (κ2) is 7.11. The van der Waals surface area contributed by atoms with E-state index in [2.05, 4.69) is 24.1 Å². The number of carboxylic acid groups (broad SMARTS) is 1. The summed E-state index contributed by atoms with van der Waals surface area (Å²) in [5, 5.41) is 12.1. The van der Waals surface area contributed by atoms with Crippen LogP contribution < -0.4 is 5.32 Å². The van der Waals surface area contributed by atoms with Gasteiger partial charge in [0.05, 0.1) is 5.92 Å². The van der Waals surface area contributed by atoms with Gasteiger partial charge in [-0.3, -0.25) is 9.69 Å². The van der Waals surface area contributed by atoms with Gasteiger partial charge in [0.25, 0.3) is 0 Å². The smallest absolute Gasteiger partial charge is 0.317 e. The summed E-state index contributed by atoms with van der Waals surface area (Å²) < 4.78 is 0. The Morgan fingerprint density at radius 1 is 1.24 bits per heavy atom. The number of amides is 2. The van der Waals surface area contributed by atoms with Gasteiger partial charge in [0, 0.05) is 38.3 Å². The highest BCUT2D eigenvalue weighted by molar-refractivity contribution is 5.77. The summed E-state index contributed by atoms with van der Waals surface area (Å²) in [5.41, 5.74) is 0. The highest BCUT2D eigenvalue weighted by Gasteiger charge is 2.35. The predicted octanol–water partition coefficient (Wildman–Crippen LogP) is 1.37. The van der Waals surface area contributed by atoms with Crippen molar-refractivity contribution in [2.45, 2.75) is 51.6 Å². The fraction of sp³-hybridized carbons (Fsp3) is 0.867. The summed E-state index contributed by atoms with van der Waals surface area (Å²) in [6, 6.07) is 0.251. The molecule has 0 aromatic heterocycles. The third-order valence-electron chi connectivity index (χ3n) is 4.96. The Morgan fingerprint density at radius 2 is 1.90 bits per heavy atom. The van der Waals surface area contributed by atoms with Crippen LogP contribution in [0.1, 0.15) is 39.5 Å². The van der Waals surface area contributed by atoms with E-state index in [1.807, 2.05) is 4.90 Å². The van der Waals surface area contributed by atoms with Crippen LogP contribution in [-0.4, -0.2) is 65.2 Å². The highest BCUT2D eigenvalue weighted by Crippen LogP contribution is 2.26. The Kier molecular flexibility index (Phi) is 5.45. The van der Waals surface area contributed by atoms with Crippen molar-refractivity contribution in [3.05, 3.63) is 0 Å². The van der Waals surface area contributed by atoms with Crippen LogP contribution in [0.25, 0.3) is 0 Å². The lowest BCUT2D eigenvalue weighted by Crippen LogP contribution is -2.55. The maximum absolute atomic E-state index is 12.3. The van der Waals surface area contributed by atoms with Gasteiger partial charge in [-0.25, -0.2) is 4.79 Å². The Hall–Kier alpha value is -1.30. The molecule has 6 heteroatoms. The molecule has 1 saturated carbocycles. The Balaban J connectivity index is 1.81. The molecule has 120 valence electrons. The number of nitrogens with zero attached hydrogens (tertiary/aromatic N) is 2. The average molecular weight is 297 g/mol. The lowest BCUT2D eigenvalue weighted by Gasteiger charge is -2.38. The van der Waals surface area contributed by atoms with Gasteiger partial charge in [-0.05, 0) is 26.2 Å². The molecule has 1 heterocycles. The molecule has 2 amide bonds. The molecule has 0 aromatic carbocycles. The molecule has 3 unspecified atom stereocenters. The summed E-state index contributed by atoms with van der Waals surface area (Å²) in [7, 11) is 0. The van der Waals surface area contributed by atoms with E-state index < -0.39 is 11.9 Å². The van der Waals surface area contributed by atoms with Gasteiger partial charge in [0.2, 0.25) is 0 Å². The van der Waals surface area contributed by atoms with E-state index in [1.54, 1.807) is 0 Å². The van der Waals surface area contributed by atoms with Crippen LogP contribution >= 0.6 is 0 Å². The fourth-order valence-corrected chi connectivity index (χ4v) is 3.30. The van der Waals surface area contributed by atoms with Gasteiger partial charge in [-0.1, -0.05) is 13.3 Å². The molecule has 0 aromatic rings. The third-order valence-corrected chi connectivity index (χ3v) is 4.96. The summed E-state index contributed by atoms with van der Waals surface area (Å²) >= 11 is 0. The first-order valence-electron chi connectivity index (χ1n) is 8.05. The number of carboxylic acids is 1. The van der Waals surface area contributed by atoms with Crippen LogP contribution in [-0.2, 0) is 4.79 Å². The monoisotopic (exact) mass is 297 g/mol. The van der Waals surface area contributed by atoms with Crippen molar-refractivity contribution < 1.29 is 14.7 Å². The SMILES string of the molecule is CCC(C)N1CCN(C(=O)NC2CCCC2C(=O)O)CC1. The lowest BCUT2D eigenvalue weighted by molar-refractivity contribution is -0.142. The number of rotatable bonds is 4. The minimum Gasteiger partial charge on any atom is -0.481 e. The number of piperazine rings is 1. The first-order chi connectivity index (χ1) is 10.0. The van der Waals surface area contributed by atoms with E-state index in [0.29, 0.717) is 12.5 Å². The van der Waals surface area contributed by atoms with Gasteiger partial charge in [0.1, 0.15) is 0 Å². The number of aliphatic carboxylic acids is 1. The first-order valence-corrected chi connectivity index (χ1v) is 8.05. The largest absolute Gasteiger partial charge is 0.481 e. The van der Waals surface area contributed by atoms with Gasteiger partial charge in [-0.2, -0.15) is 0 Å². The molecular formula is C15H27N3O3. The molecule has 2 aliphatic rings. The number of nitrogens with one attached hydrogen (secondary N) is 1. The summed E-state index contributed by atoms with van der Waals surface area (Å²) in [6.45, 7) is 7.63. The van der Waals surface area contributed by atoms with Crippen LogP contribution in [0.3, 0.4) is 0 Å². The molecule has 0 bridgehead atoms. The van der Waals surface area contributed by atoms with E-state index in [4.69, 9.17) is 5.11 Å². The van der Waals surface area contributed by atoms with Crippen LogP contribution in [0.15, 0.2) is 0 Å². The van der Waals surface area contributed by atoms with Crippen molar-refractivity contribution in [2.24, 2.45) is 5.92 Å². The molecule has 2 fully saturated rings. The molecule has 1 aliphatic heterocycles. The zero-order valence-corrected chi connectivity index (χ0v) is 13.0. The van der Waals surface area contributed by atoms with E-state index in [-0.39, 0.29) is 12.1 Å². The summed E-state index contributed by atoms with van der Waals surface area (Å²) in [4.78, 5) is 27.6. The van der Waals surface area contributed by atoms with Gasteiger partial charge >= 0.3 is 12.0 Å². The molecule has 1 saturated heterocycles. The minimum atomic E-state index is -0.792. The standard InChI is InChI=1S/C15H27N3O3/c1-3-11(2)17-7-9-18(10-8-17)15(21)16-13-6-4-5-12(13)14(19)20/h11-13H,3-10H2,1-2H3,(H,16,21)(H,19,20). The van der Waals surface area contributed by atoms with E-state index in [1.165, 1.54) is 0 Å². The first kappa shape index (κ1) is 16.1. The van der Waals surface area contributed by atoms with Crippen molar-refractivity contribution >= 4 is 12.0 Å². The topological polar surface area (TPSA) is 72.9 Å². The van der Waals surface area contributed by atoms with Crippen LogP contribution in [0.5, 0.6) is 0 Å². The maximum atomic E-state index is 12.3. The molecule has 21 heavy (non-hydrogen) atoms. The van der Waals surface area contributed by atoms with E-state index in [0.717, 1.165) is 45.4 Å². The normalized spacial score (nSPS) is 28.4. The molecule has 2 rings (SSSR count). The van der Waals surface area contributed by atoms with E-state index in [9.17, 15) is 9.59 Å². The second-order valence-corrected chi connectivity index (χ2v) is 6.21. The average Bonchev–Trinajstić information content (AvgIpc) is 2.95. The van der Waals surface area contributed by atoms with Crippen molar-refractivity contribution in [2.75, 3.05) is 26.2 Å². The van der Waals surface area contributed by atoms with Crippen molar-refractivity contribution in [3.8, 4) is 0 Å². The van der Waals surface area contributed by atoms with Gasteiger partial charge < -0.3 is 15.3 Å². The number of hydrogen-bond donors (Lipinski definition) is 2. The van der Waals surface area contributed by atoms with Crippen LogP contribution in [0.2, 0.25) is 0 Å². The molecule has 6 nitrogen and oxygen atoms in total. The van der Waals surface area contributed by atoms with Crippen molar-refractivity contribution in [1.29, 1.82) is 0 Å². The summed E-state index contributed by atoms with van der Waals surface area (Å²) in [5.74, 6) is -1.21. The zero-order chi connectivity index (χ0) is 15.4. The molecule has 0 radical (unpaired) electrons. The zero-order valence-electron chi connectivity index (χ0n) is 13.0. The molecule has 0 spiro atoms. The quantitative estimate of drug-likeness (QED) is 0.822. The number of carbonyl (C=O) groups is 2. The van der Waals surface area contributed by atoms with Gasteiger partial charge in [-0.15, -0.1) is 0 Å².